The van der Waals surface area contributed by atoms with Crippen LogP contribution in [-0.4, -0.2) is 23.6 Å². The maximum atomic E-state index is 13.1. The number of aromatic nitrogens is 3. The van der Waals surface area contributed by atoms with Crippen LogP contribution in [0.4, 0.5) is 0 Å². The van der Waals surface area contributed by atoms with Crippen LogP contribution in [0.1, 0.15) is 22.4 Å². The van der Waals surface area contributed by atoms with Crippen molar-refractivity contribution in [2.45, 2.75) is 21.3 Å². The molecule has 6 nitrogen and oxygen atoms in total. The smallest absolute Gasteiger partial charge is 0.241 e. The average Bonchev–Trinajstić information content (AvgIpc) is 3.33. The van der Waals surface area contributed by atoms with E-state index in [1.807, 2.05) is 30.3 Å². The van der Waals surface area contributed by atoms with Crippen LogP contribution in [0.15, 0.2) is 83.1 Å². The summed E-state index contributed by atoms with van der Waals surface area (Å²) in [5.74, 6) is 0. The van der Waals surface area contributed by atoms with Crippen LogP contribution in [-0.2, 0) is 10.0 Å². The summed E-state index contributed by atoms with van der Waals surface area (Å²) >= 11 is 1.48. The van der Waals surface area contributed by atoms with Gasteiger partial charge in [0.05, 0.1) is 16.2 Å². The molecule has 2 N–H and O–H groups in total. The first-order valence-electron chi connectivity index (χ1n) is 8.74. The highest BCUT2D eigenvalue weighted by atomic mass is 32.2. The summed E-state index contributed by atoms with van der Waals surface area (Å²) in [6.45, 7) is 0. The van der Waals surface area contributed by atoms with Gasteiger partial charge in [-0.25, -0.2) is 18.1 Å². The van der Waals surface area contributed by atoms with Gasteiger partial charge in [-0.1, -0.05) is 66.4 Å². The van der Waals surface area contributed by atoms with Crippen LogP contribution >= 0.6 is 11.8 Å². The van der Waals surface area contributed by atoms with Crippen molar-refractivity contribution in [2.24, 2.45) is 0 Å². The van der Waals surface area contributed by atoms with Gasteiger partial charge in [0.2, 0.25) is 10.0 Å². The molecule has 0 amide bonds. The van der Waals surface area contributed by atoms with E-state index < -0.39 is 16.1 Å². The lowest BCUT2D eigenvalue weighted by atomic mass is 10.1. The van der Waals surface area contributed by atoms with Crippen molar-refractivity contribution in [2.75, 3.05) is 0 Å². The molecule has 5 rings (SSSR count). The average molecular weight is 409 g/mol. The number of thioether (sulfide) groups is 1. The predicted octanol–water partition coefficient (Wildman–Crippen LogP) is 3.82. The van der Waals surface area contributed by atoms with Gasteiger partial charge in [0, 0.05) is 0 Å². The maximum absolute atomic E-state index is 13.1. The van der Waals surface area contributed by atoms with Crippen molar-refractivity contribution in [3.8, 4) is 0 Å². The third-order valence-corrected chi connectivity index (χ3v) is 7.54. The Balaban J connectivity index is 1.61. The Morgan fingerprint density at radius 3 is 2.39 bits per heavy atom. The zero-order chi connectivity index (χ0) is 19.1. The van der Waals surface area contributed by atoms with Gasteiger partial charge in [0.1, 0.15) is 6.33 Å². The highest BCUT2D eigenvalue weighted by molar-refractivity contribution is 7.99. The number of benzene rings is 3. The van der Waals surface area contributed by atoms with E-state index in [1.54, 1.807) is 30.3 Å². The van der Waals surface area contributed by atoms with E-state index in [-0.39, 0.29) is 10.1 Å². The van der Waals surface area contributed by atoms with Gasteiger partial charge in [-0.3, -0.25) is 5.10 Å². The van der Waals surface area contributed by atoms with Crippen molar-refractivity contribution < 1.29 is 8.42 Å². The van der Waals surface area contributed by atoms with Gasteiger partial charge in [0.15, 0.2) is 5.16 Å². The topological polar surface area (TPSA) is 87.7 Å². The van der Waals surface area contributed by atoms with Gasteiger partial charge in [0.25, 0.3) is 0 Å². The highest BCUT2D eigenvalue weighted by Gasteiger charge is 2.38. The number of sulfonamides is 1. The molecular weight excluding hydrogens is 392 g/mol. The second kappa shape index (κ2) is 6.73. The lowest BCUT2D eigenvalue weighted by Gasteiger charge is -2.22. The molecule has 8 heteroatoms. The van der Waals surface area contributed by atoms with Crippen LogP contribution in [0.5, 0.6) is 0 Å². The summed E-state index contributed by atoms with van der Waals surface area (Å²) in [6, 6.07) is 20.1. The lowest BCUT2D eigenvalue weighted by molar-refractivity contribution is 0.557. The summed E-state index contributed by atoms with van der Waals surface area (Å²) in [5.41, 5.74) is 2.07. The van der Waals surface area contributed by atoms with Crippen LogP contribution in [0, 0.1) is 0 Å². The molecule has 0 saturated heterocycles. The summed E-state index contributed by atoms with van der Waals surface area (Å²) in [7, 11) is -3.68. The van der Waals surface area contributed by atoms with Gasteiger partial charge in [-0.2, -0.15) is 5.10 Å². The number of nitrogens with one attached hydrogen (secondary N) is 2. The molecule has 0 spiro atoms. The molecule has 1 aromatic heterocycles. The van der Waals surface area contributed by atoms with Crippen molar-refractivity contribution in [1.82, 2.24) is 19.9 Å². The molecule has 28 heavy (non-hydrogen) atoms. The van der Waals surface area contributed by atoms with Gasteiger partial charge >= 0.3 is 0 Å². The minimum absolute atomic E-state index is 0.160. The van der Waals surface area contributed by atoms with E-state index in [4.69, 9.17) is 0 Å². The molecule has 140 valence electrons. The number of rotatable bonds is 5. The Hall–Kier alpha value is -2.68. The minimum Gasteiger partial charge on any atom is -0.254 e. The Bertz CT molecular complexity index is 1240. The van der Waals surface area contributed by atoms with E-state index >= 15 is 0 Å². The molecular formula is C20H16N4O2S2. The molecule has 1 heterocycles. The fourth-order valence-corrected chi connectivity index (χ4v) is 6.16. The number of H-pyrrole nitrogens is 1. The molecule has 4 aromatic rings. The molecule has 2 unspecified atom stereocenters. The van der Waals surface area contributed by atoms with Crippen LogP contribution < -0.4 is 4.72 Å². The Morgan fingerprint density at radius 2 is 1.68 bits per heavy atom. The molecule has 0 saturated carbocycles. The molecule has 0 radical (unpaired) electrons. The SMILES string of the molecule is O=S(=O)(NC1c2cccc3cccc(c23)C1Sc1ncn[nH]1)c1ccccc1. The zero-order valence-corrected chi connectivity index (χ0v) is 16.2. The summed E-state index contributed by atoms with van der Waals surface area (Å²) in [5, 5.41) is 9.47. The van der Waals surface area contributed by atoms with Crippen LogP contribution in [0.2, 0.25) is 0 Å². The van der Waals surface area contributed by atoms with E-state index in [1.165, 1.54) is 18.1 Å². The van der Waals surface area contributed by atoms with Gasteiger partial charge in [-0.15, -0.1) is 0 Å². The molecule has 0 aliphatic heterocycles. The minimum atomic E-state index is -3.68. The second-order valence-electron chi connectivity index (χ2n) is 6.53. The molecule has 3 aromatic carbocycles. The van der Waals surface area contributed by atoms with Crippen LogP contribution in [0.25, 0.3) is 10.8 Å². The highest BCUT2D eigenvalue weighted by Crippen LogP contribution is 2.52. The zero-order valence-electron chi connectivity index (χ0n) is 14.6. The molecule has 1 aliphatic carbocycles. The monoisotopic (exact) mass is 408 g/mol. The standard InChI is InChI=1S/C20H16N4O2S2/c25-28(26,14-8-2-1-3-9-14)24-18-15-10-4-6-13-7-5-11-16(17(13)15)19(18)27-20-21-12-22-23-20/h1-12,18-19,24H,(H,21,22,23). The number of hydrogen-bond donors (Lipinski definition) is 2. The Morgan fingerprint density at radius 1 is 0.929 bits per heavy atom. The van der Waals surface area contributed by atoms with Crippen LogP contribution in [0.3, 0.4) is 0 Å². The van der Waals surface area contributed by atoms with E-state index in [0.29, 0.717) is 5.16 Å². The number of aromatic amines is 1. The second-order valence-corrected chi connectivity index (χ2v) is 9.38. The largest absolute Gasteiger partial charge is 0.254 e. The molecule has 0 fully saturated rings. The van der Waals surface area contributed by atoms with Crippen molar-refractivity contribution in [3.05, 3.63) is 84.2 Å². The van der Waals surface area contributed by atoms with Crippen molar-refractivity contribution in [1.29, 1.82) is 0 Å². The van der Waals surface area contributed by atoms with Gasteiger partial charge in [-0.05, 0) is 34.0 Å². The molecule has 1 aliphatic rings. The molecule has 0 bridgehead atoms. The van der Waals surface area contributed by atoms with E-state index in [2.05, 4.69) is 26.0 Å². The normalized spacial score (nSPS) is 18.6. The van der Waals surface area contributed by atoms with Crippen molar-refractivity contribution >= 4 is 32.6 Å². The third kappa shape index (κ3) is 2.90. The first-order chi connectivity index (χ1) is 13.6. The Kier molecular flexibility index (Phi) is 4.19. The van der Waals surface area contributed by atoms with Gasteiger partial charge < -0.3 is 0 Å². The Labute approximate surface area is 166 Å². The lowest BCUT2D eigenvalue weighted by Crippen LogP contribution is -2.30. The van der Waals surface area contributed by atoms with E-state index in [9.17, 15) is 8.42 Å². The maximum Gasteiger partial charge on any atom is 0.241 e. The molecule has 2 atom stereocenters. The summed E-state index contributed by atoms with van der Waals surface area (Å²) in [4.78, 5) is 4.47. The number of nitrogens with zero attached hydrogens (tertiary/aromatic N) is 2. The first-order valence-corrected chi connectivity index (χ1v) is 11.1. The predicted molar refractivity (Wildman–Crippen MR) is 108 cm³/mol. The fourth-order valence-electron chi connectivity index (χ4n) is 3.70. The number of hydrogen-bond acceptors (Lipinski definition) is 5. The first kappa shape index (κ1) is 17.4. The summed E-state index contributed by atoms with van der Waals surface area (Å²) in [6.07, 6.45) is 1.45. The quantitative estimate of drug-likeness (QED) is 0.524. The van der Waals surface area contributed by atoms with E-state index in [0.717, 1.165) is 21.9 Å². The van der Waals surface area contributed by atoms with Crippen molar-refractivity contribution in [3.63, 3.8) is 0 Å². The third-order valence-electron chi connectivity index (χ3n) is 4.88. The summed E-state index contributed by atoms with van der Waals surface area (Å²) < 4.78 is 29.0. The fraction of sp³-hybridized carbons (Fsp3) is 0.100.